The standard InChI is InChI=1S/C16H20N2O4/c1-3-7-22-15(19)10-5-6-13-11(8-10)12(9-17)14(18-13)16(20)21-4-2/h5-6,8,18H,3-4,7,9,17H2,1-2H3. The van der Waals surface area contributed by atoms with Crippen LogP contribution in [0.15, 0.2) is 18.2 Å². The SMILES string of the molecule is CCCOC(=O)c1ccc2[nH]c(C(=O)OCC)c(CN)c2c1. The number of aromatic amines is 1. The highest BCUT2D eigenvalue weighted by Crippen LogP contribution is 2.24. The molecule has 0 fully saturated rings. The number of hydrogen-bond acceptors (Lipinski definition) is 5. The Morgan fingerprint density at radius 2 is 1.95 bits per heavy atom. The van der Waals surface area contributed by atoms with E-state index in [1.807, 2.05) is 6.92 Å². The van der Waals surface area contributed by atoms with Gasteiger partial charge < -0.3 is 20.2 Å². The van der Waals surface area contributed by atoms with Crippen molar-refractivity contribution < 1.29 is 19.1 Å². The molecule has 2 rings (SSSR count). The molecule has 0 atom stereocenters. The first-order valence-corrected chi connectivity index (χ1v) is 7.31. The van der Waals surface area contributed by atoms with E-state index >= 15 is 0 Å². The molecule has 22 heavy (non-hydrogen) atoms. The Hall–Kier alpha value is -2.34. The third kappa shape index (κ3) is 3.12. The number of rotatable bonds is 6. The zero-order valence-electron chi connectivity index (χ0n) is 12.8. The van der Waals surface area contributed by atoms with Crippen LogP contribution in [0.1, 0.15) is 46.7 Å². The van der Waals surface area contributed by atoms with Crippen molar-refractivity contribution in [1.29, 1.82) is 0 Å². The van der Waals surface area contributed by atoms with Gasteiger partial charge in [0.2, 0.25) is 0 Å². The zero-order chi connectivity index (χ0) is 16.1. The summed E-state index contributed by atoms with van der Waals surface area (Å²) in [4.78, 5) is 26.9. The highest BCUT2D eigenvalue weighted by Gasteiger charge is 2.19. The van der Waals surface area contributed by atoms with Crippen LogP contribution in [0.4, 0.5) is 0 Å². The number of esters is 2. The summed E-state index contributed by atoms with van der Waals surface area (Å²) >= 11 is 0. The van der Waals surface area contributed by atoms with Gasteiger partial charge in [0.15, 0.2) is 0 Å². The van der Waals surface area contributed by atoms with Gasteiger partial charge >= 0.3 is 11.9 Å². The van der Waals surface area contributed by atoms with E-state index in [1.165, 1.54) is 0 Å². The molecular weight excluding hydrogens is 284 g/mol. The molecule has 6 nitrogen and oxygen atoms in total. The second-order valence-electron chi connectivity index (χ2n) is 4.80. The summed E-state index contributed by atoms with van der Waals surface area (Å²) in [6.45, 7) is 4.50. The van der Waals surface area contributed by atoms with Gasteiger partial charge in [-0.1, -0.05) is 6.92 Å². The Bertz CT molecular complexity index is 691. The second-order valence-corrected chi connectivity index (χ2v) is 4.80. The van der Waals surface area contributed by atoms with Crippen LogP contribution in [0, 0.1) is 0 Å². The minimum atomic E-state index is -0.450. The summed E-state index contributed by atoms with van der Waals surface area (Å²) in [5.74, 6) is -0.833. The number of ether oxygens (including phenoxy) is 2. The normalized spacial score (nSPS) is 10.7. The predicted octanol–water partition coefficient (Wildman–Crippen LogP) is 2.37. The van der Waals surface area contributed by atoms with E-state index in [9.17, 15) is 9.59 Å². The molecule has 6 heteroatoms. The third-order valence-corrected chi connectivity index (χ3v) is 3.26. The lowest BCUT2D eigenvalue weighted by Crippen LogP contribution is -2.10. The maximum atomic E-state index is 12.0. The molecule has 1 aromatic carbocycles. The topological polar surface area (TPSA) is 94.4 Å². The molecule has 1 heterocycles. The summed E-state index contributed by atoms with van der Waals surface area (Å²) in [7, 11) is 0. The van der Waals surface area contributed by atoms with Crippen molar-refractivity contribution in [2.45, 2.75) is 26.8 Å². The van der Waals surface area contributed by atoms with Crippen molar-refractivity contribution in [1.82, 2.24) is 4.98 Å². The average molecular weight is 304 g/mol. The first kappa shape index (κ1) is 16.0. The molecular formula is C16H20N2O4. The van der Waals surface area contributed by atoms with E-state index in [4.69, 9.17) is 15.2 Å². The number of fused-ring (bicyclic) bond motifs is 1. The van der Waals surface area contributed by atoms with Crippen LogP contribution >= 0.6 is 0 Å². The Kier molecular flexibility index (Phi) is 5.16. The minimum absolute atomic E-state index is 0.168. The summed E-state index contributed by atoms with van der Waals surface area (Å²) in [5, 5.41) is 0.733. The lowest BCUT2D eigenvalue weighted by atomic mass is 10.1. The summed E-state index contributed by atoms with van der Waals surface area (Å²) in [5.41, 5.74) is 7.89. The van der Waals surface area contributed by atoms with E-state index in [1.54, 1.807) is 25.1 Å². The molecule has 0 unspecified atom stereocenters. The average Bonchev–Trinajstić information content (AvgIpc) is 2.90. The van der Waals surface area contributed by atoms with Gasteiger partial charge in [-0.25, -0.2) is 9.59 Å². The number of hydrogen-bond donors (Lipinski definition) is 2. The van der Waals surface area contributed by atoms with Gasteiger partial charge in [-0.2, -0.15) is 0 Å². The monoisotopic (exact) mass is 304 g/mol. The first-order valence-electron chi connectivity index (χ1n) is 7.31. The quantitative estimate of drug-likeness (QED) is 0.799. The first-order chi connectivity index (χ1) is 10.6. The lowest BCUT2D eigenvalue weighted by molar-refractivity contribution is 0.0501. The molecule has 0 bridgehead atoms. The van der Waals surface area contributed by atoms with Crippen molar-refractivity contribution in [2.24, 2.45) is 5.73 Å². The Morgan fingerprint density at radius 3 is 2.59 bits per heavy atom. The highest BCUT2D eigenvalue weighted by molar-refractivity contribution is 6.01. The smallest absolute Gasteiger partial charge is 0.355 e. The maximum absolute atomic E-state index is 12.0. The molecule has 0 aliphatic rings. The number of H-pyrrole nitrogens is 1. The van der Waals surface area contributed by atoms with Crippen LogP contribution < -0.4 is 5.73 Å². The van der Waals surface area contributed by atoms with E-state index in [-0.39, 0.29) is 19.1 Å². The van der Waals surface area contributed by atoms with E-state index in [0.717, 1.165) is 17.3 Å². The van der Waals surface area contributed by atoms with Crippen molar-refractivity contribution in [3.05, 3.63) is 35.0 Å². The maximum Gasteiger partial charge on any atom is 0.355 e. The fourth-order valence-corrected chi connectivity index (χ4v) is 2.24. The molecule has 0 saturated heterocycles. The van der Waals surface area contributed by atoms with Crippen molar-refractivity contribution in [3.8, 4) is 0 Å². The van der Waals surface area contributed by atoms with Gasteiger partial charge in [-0.05, 0) is 31.5 Å². The molecule has 0 aliphatic heterocycles. The number of benzene rings is 1. The van der Waals surface area contributed by atoms with Crippen LogP contribution in [0.25, 0.3) is 10.9 Å². The van der Waals surface area contributed by atoms with Crippen LogP contribution in [-0.4, -0.2) is 30.1 Å². The summed E-state index contributed by atoms with van der Waals surface area (Å²) in [6.07, 6.45) is 0.763. The van der Waals surface area contributed by atoms with Crippen LogP contribution in [0.3, 0.4) is 0 Å². The molecule has 2 aromatic rings. The third-order valence-electron chi connectivity index (χ3n) is 3.26. The van der Waals surface area contributed by atoms with Crippen molar-refractivity contribution in [2.75, 3.05) is 13.2 Å². The molecule has 1 aromatic heterocycles. The number of nitrogens with one attached hydrogen (secondary N) is 1. The fourth-order valence-electron chi connectivity index (χ4n) is 2.24. The van der Waals surface area contributed by atoms with Gasteiger partial charge in [0.1, 0.15) is 5.69 Å². The largest absolute Gasteiger partial charge is 0.462 e. The summed E-state index contributed by atoms with van der Waals surface area (Å²) < 4.78 is 10.1. The molecule has 0 spiro atoms. The highest BCUT2D eigenvalue weighted by atomic mass is 16.5. The number of nitrogens with two attached hydrogens (primary N) is 1. The molecule has 0 saturated carbocycles. The fraction of sp³-hybridized carbons (Fsp3) is 0.375. The van der Waals surface area contributed by atoms with Crippen molar-refractivity contribution in [3.63, 3.8) is 0 Å². The Morgan fingerprint density at radius 1 is 1.18 bits per heavy atom. The second kappa shape index (κ2) is 7.09. The summed E-state index contributed by atoms with van der Waals surface area (Å²) in [6, 6.07) is 5.08. The van der Waals surface area contributed by atoms with Gasteiger partial charge in [-0.3, -0.25) is 0 Å². The molecule has 0 amide bonds. The van der Waals surface area contributed by atoms with Gasteiger partial charge in [-0.15, -0.1) is 0 Å². The van der Waals surface area contributed by atoms with Crippen molar-refractivity contribution >= 4 is 22.8 Å². The zero-order valence-corrected chi connectivity index (χ0v) is 12.8. The Balaban J connectivity index is 2.43. The predicted molar refractivity (Wildman–Crippen MR) is 82.7 cm³/mol. The van der Waals surface area contributed by atoms with E-state index in [0.29, 0.717) is 23.4 Å². The number of aromatic nitrogens is 1. The number of carbonyl (C=O) groups is 2. The van der Waals surface area contributed by atoms with Gasteiger partial charge in [0.25, 0.3) is 0 Å². The lowest BCUT2D eigenvalue weighted by Gasteiger charge is -2.04. The van der Waals surface area contributed by atoms with Crippen LogP contribution in [0.5, 0.6) is 0 Å². The molecule has 3 N–H and O–H groups in total. The van der Waals surface area contributed by atoms with Crippen LogP contribution in [-0.2, 0) is 16.0 Å². The van der Waals surface area contributed by atoms with Gasteiger partial charge in [0.05, 0.1) is 18.8 Å². The van der Waals surface area contributed by atoms with Gasteiger partial charge in [0, 0.05) is 23.0 Å². The Labute approximate surface area is 128 Å². The molecule has 0 radical (unpaired) electrons. The van der Waals surface area contributed by atoms with E-state index < -0.39 is 5.97 Å². The number of carbonyl (C=O) groups excluding carboxylic acids is 2. The molecule has 0 aliphatic carbocycles. The van der Waals surface area contributed by atoms with E-state index in [2.05, 4.69) is 4.98 Å². The van der Waals surface area contributed by atoms with Crippen LogP contribution in [0.2, 0.25) is 0 Å². The molecule has 118 valence electrons. The minimum Gasteiger partial charge on any atom is -0.462 e.